The lowest BCUT2D eigenvalue weighted by molar-refractivity contribution is -0.139. The minimum atomic E-state index is -4.59. The van der Waals surface area contributed by atoms with Gasteiger partial charge in [0.2, 0.25) is 0 Å². The summed E-state index contributed by atoms with van der Waals surface area (Å²) in [6.07, 6.45) is -2.95. The van der Waals surface area contributed by atoms with Crippen molar-refractivity contribution in [1.29, 1.82) is 0 Å². The van der Waals surface area contributed by atoms with Crippen LogP contribution in [-0.2, 0) is 17.4 Å². The minimum Gasteiger partial charge on any atom is -0.480 e. The lowest BCUT2D eigenvalue weighted by Crippen LogP contribution is -2.42. The first-order valence-corrected chi connectivity index (χ1v) is 8.01. The van der Waals surface area contributed by atoms with E-state index in [0.29, 0.717) is 11.6 Å². The second-order valence-electron chi connectivity index (χ2n) is 6.01. The maximum Gasteiger partial charge on any atom is 0.416 e. The Morgan fingerprint density at radius 3 is 2.56 bits per heavy atom. The fourth-order valence-corrected chi connectivity index (χ4v) is 2.80. The standard InChI is InChI=1S/C19H15F3N2O3/c20-19(21,22)13-5-3-4-11(8-13)17(25)24-16(18(26)27)9-12-10-23-15-7-2-1-6-14(12)15/h1-8,10,16,23H,9H2,(H,24,25)(H,26,27)/t16-/m0/s1. The van der Waals surface area contributed by atoms with Gasteiger partial charge >= 0.3 is 12.1 Å². The molecule has 1 atom stereocenters. The lowest BCUT2D eigenvalue weighted by Gasteiger charge is -2.15. The molecule has 3 N–H and O–H groups in total. The van der Waals surface area contributed by atoms with Crippen LogP contribution in [0.3, 0.4) is 0 Å². The van der Waals surface area contributed by atoms with Gasteiger partial charge in [-0.15, -0.1) is 0 Å². The van der Waals surface area contributed by atoms with Gasteiger partial charge in [0.25, 0.3) is 5.91 Å². The largest absolute Gasteiger partial charge is 0.480 e. The van der Waals surface area contributed by atoms with E-state index in [4.69, 9.17) is 0 Å². The van der Waals surface area contributed by atoms with E-state index in [-0.39, 0.29) is 12.0 Å². The van der Waals surface area contributed by atoms with Crippen molar-refractivity contribution in [2.45, 2.75) is 18.6 Å². The van der Waals surface area contributed by atoms with Crippen molar-refractivity contribution < 1.29 is 27.9 Å². The fraction of sp³-hybridized carbons (Fsp3) is 0.158. The first-order valence-electron chi connectivity index (χ1n) is 8.01. The maximum absolute atomic E-state index is 12.8. The van der Waals surface area contributed by atoms with Crippen molar-refractivity contribution in [2.24, 2.45) is 0 Å². The summed E-state index contributed by atoms with van der Waals surface area (Å²) >= 11 is 0. The number of carbonyl (C=O) groups excluding carboxylic acids is 1. The number of halogens is 3. The number of aromatic amines is 1. The zero-order valence-electron chi connectivity index (χ0n) is 13.9. The highest BCUT2D eigenvalue weighted by molar-refractivity contribution is 5.97. The third kappa shape index (κ3) is 4.11. The van der Waals surface area contributed by atoms with Crippen molar-refractivity contribution >= 4 is 22.8 Å². The number of aromatic nitrogens is 1. The monoisotopic (exact) mass is 376 g/mol. The van der Waals surface area contributed by atoms with Gasteiger partial charge in [-0.1, -0.05) is 24.3 Å². The van der Waals surface area contributed by atoms with Gasteiger partial charge < -0.3 is 15.4 Å². The molecule has 140 valence electrons. The average molecular weight is 376 g/mol. The van der Waals surface area contributed by atoms with E-state index in [9.17, 15) is 27.9 Å². The number of alkyl halides is 3. The van der Waals surface area contributed by atoms with Gasteiger partial charge in [-0.2, -0.15) is 13.2 Å². The van der Waals surface area contributed by atoms with Crippen LogP contribution < -0.4 is 5.32 Å². The number of para-hydroxylation sites is 1. The van der Waals surface area contributed by atoms with E-state index in [1.165, 1.54) is 6.07 Å². The Balaban J connectivity index is 1.80. The van der Waals surface area contributed by atoms with Crippen LogP contribution in [-0.4, -0.2) is 28.0 Å². The molecule has 8 heteroatoms. The molecule has 0 aliphatic heterocycles. The number of hydrogen-bond acceptors (Lipinski definition) is 2. The van der Waals surface area contributed by atoms with E-state index in [1.807, 2.05) is 18.2 Å². The first-order chi connectivity index (χ1) is 12.8. The molecule has 1 aromatic heterocycles. The Bertz CT molecular complexity index is 995. The molecule has 1 amide bonds. The van der Waals surface area contributed by atoms with Gasteiger partial charge in [0.05, 0.1) is 5.56 Å². The first kappa shape index (κ1) is 18.5. The van der Waals surface area contributed by atoms with Crippen LogP contribution in [0.4, 0.5) is 13.2 Å². The number of nitrogens with one attached hydrogen (secondary N) is 2. The van der Waals surface area contributed by atoms with Crippen molar-refractivity contribution in [1.82, 2.24) is 10.3 Å². The molecule has 0 saturated heterocycles. The van der Waals surface area contributed by atoms with Crippen LogP contribution in [0.25, 0.3) is 10.9 Å². The summed E-state index contributed by atoms with van der Waals surface area (Å²) in [4.78, 5) is 26.8. The fourth-order valence-electron chi connectivity index (χ4n) is 2.80. The number of rotatable bonds is 5. The van der Waals surface area contributed by atoms with E-state index in [1.54, 1.807) is 12.3 Å². The highest BCUT2D eigenvalue weighted by Gasteiger charge is 2.31. The van der Waals surface area contributed by atoms with Gasteiger partial charge in [0.15, 0.2) is 0 Å². The molecular weight excluding hydrogens is 361 g/mol. The zero-order valence-corrected chi connectivity index (χ0v) is 13.9. The molecule has 0 spiro atoms. The number of amides is 1. The number of hydrogen-bond donors (Lipinski definition) is 3. The Hall–Kier alpha value is -3.29. The smallest absolute Gasteiger partial charge is 0.416 e. The molecule has 0 aliphatic rings. The van der Waals surface area contributed by atoms with Crippen LogP contribution >= 0.6 is 0 Å². The van der Waals surface area contributed by atoms with Crippen molar-refractivity contribution in [3.8, 4) is 0 Å². The third-order valence-corrected chi connectivity index (χ3v) is 4.15. The molecule has 5 nitrogen and oxygen atoms in total. The minimum absolute atomic E-state index is 0.00987. The van der Waals surface area contributed by atoms with Crippen molar-refractivity contribution in [3.63, 3.8) is 0 Å². The van der Waals surface area contributed by atoms with Crippen LogP contribution in [0, 0.1) is 0 Å². The van der Waals surface area contributed by atoms with Crippen LogP contribution in [0.5, 0.6) is 0 Å². The van der Waals surface area contributed by atoms with Gasteiger partial charge in [0, 0.05) is 29.1 Å². The van der Waals surface area contributed by atoms with Crippen molar-refractivity contribution in [2.75, 3.05) is 0 Å². The summed E-state index contributed by atoms with van der Waals surface area (Å²) in [6.45, 7) is 0. The van der Waals surface area contributed by atoms with Gasteiger partial charge in [-0.05, 0) is 29.8 Å². The number of fused-ring (bicyclic) bond motifs is 1. The highest BCUT2D eigenvalue weighted by Crippen LogP contribution is 2.29. The molecule has 0 fully saturated rings. The summed E-state index contributed by atoms with van der Waals surface area (Å²) < 4.78 is 38.4. The van der Waals surface area contributed by atoms with Crippen LogP contribution in [0.15, 0.2) is 54.7 Å². The number of benzene rings is 2. The Morgan fingerprint density at radius 2 is 1.85 bits per heavy atom. The Labute approximate surface area is 151 Å². The summed E-state index contributed by atoms with van der Waals surface area (Å²) in [6, 6.07) is 9.83. The summed E-state index contributed by atoms with van der Waals surface area (Å²) in [7, 11) is 0. The van der Waals surface area contributed by atoms with Crippen molar-refractivity contribution in [3.05, 3.63) is 71.4 Å². The van der Waals surface area contributed by atoms with Gasteiger partial charge in [-0.3, -0.25) is 4.79 Å². The second-order valence-corrected chi connectivity index (χ2v) is 6.01. The molecular formula is C19H15F3N2O3. The zero-order chi connectivity index (χ0) is 19.6. The second kappa shape index (κ2) is 7.14. The quantitative estimate of drug-likeness (QED) is 0.636. The molecule has 27 heavy (non-hydrogen) atoms. The number of aliphatic carboxylic acids is 1. The number of carboxylic acids is 1. The van der Waals surface area contributed by atoms with E-state index in [2.05, 4.69) is 10.3 Å². The average Bonchev–Trinajstić information content (AvgIpc) is 3.03. The molecule has 0 aliphatic carbocycles. The number of carboxylic acid groups (broad SMARTS) is 1. The van der Waals surface area contributed by atoms with E-state index in [0.717, 1.165) is 23.0 Å². The van der Waals surface area contributed by atoms with E-state index < -0.39 is 29.7 Å². The van der Waals surface area contributed by atoms with Gasteiger partial charge in [-0.25, -0.2) is 4.79 Å². The number of H-pyrrole nitrogens is 1. The Morgan fingerprint density at radius 1 is 1.11 bits per heavy atom. The Kier molecular flexibility index (Phi) is 4.89. The number of carbonyl (C=O) groups is 2. The molecule has 0 radical (unpaired) electrons. The molecule has 0 bridgehead atoms. The SMILES string of the molecule is O=C(N[C@@H](Cc1c[nH]c2ccccc12)C(=O)O)c1cccc(C(F)(F)F)c1. The predicted molar refractivity (Wildman–Crippen MR) is 92.3 cm³/mol. The lowest BCUT2D eigenvalue weighted by atomic mass is 10.0. The molecule has 0 saturated carbocycles. The highest BCUT2D eigenvalue weighted by atomic mass is 19.4. The molecule has 1 heterocycles. The topological polar surface area (TPSA) is 82.2 Å². The van der Waals surface area contributed by atoms with Crippen LogP contribution in [0.1, 0.15) is 21.5 Å². The molecule has 2 aromatic carbocycles. The molecule has 3 rings (SSSR count). The van der Waals surface area contributed by atoms with Crippen LogP contribution in [0.2, 0.25) is 0 Å². The maximum atomic E-state index is 12.8. The van der Waals surface area contributed by atoms with E-state index >= 15 is 0 Å². The van der Waals surface area contributed by atoms with Gasteiger partial charge in [0.1, 0.15) is 6.04 Å². The predicted octanol–water partition coefficient (Wildman–Crippen LogP) is 3.61. The normalized spacial score (nSPS) is 12.7. The molecule has 3 aromatic rings. The summed E-state index contributed by atoms with van der Waals surface area (Å²) in [5, 5.41) is 12.5. The third-order valence-electron chi connectivity index (χ3n) is 4.15. The summed E-state index contributed by atoms with van der Waals surface area (Å²) in [5.41, 5.74) is 0.275. The summed E-state index contributed by atoms with van der Waals surface area (Å²) in [5.74, 6) is -2.16. The molecule has 0 unspecified atom stereocenters.